The maximum absolute atomic E-state index is 3.33. The Morgan fingerprint density at radius 1 is 1.40 bits per heavy atom. The summed E-state index contributed by atoms with van der Waals surface area (Å²) in [5.41, 5.74) is 4.85. The summed E-state index contributed by atoms with van der Waals surface area (Å²) >= 11 is 0. The maximum Gasteiger partial charge on any atom is 0.0750 e. The highest BCUT2D eigenvalue weighted by molar-refractivity contribution is 5.27. The molecule has 2 heterocycles. The fourth-order valence-electron chi connectivity index (χ4n) is 2.31. The van der Waals surface area contributed by atoms with Gasteiger partial charge in [0, 0.05) is 25.5 Å². The Hall–Kier alpha value is -0.960. The van der Waals surface area contributed by atoms with Crippen LogP contribution in [0.15, 0.2) is 24.0 Å². The van der Waals surface area contributed by atoms with Gasteiger partial charge in [-0.15, -0.1) is 0 Å². The lowest BCUT2D eigenvalue weighted by atomic mass is 10.1. The van der Waals surface area contributed by atoms with E-state index in [2.05, 4.69) is 40.7 Å². The van der Waals surface area contributed by atoms with Gasteiger partial charge in [-0.3, -0.25) is 9.91 Å². The summed E-state index contributed by atoms with van der Waals surface area (Å²) < 4.78 is 0. The third-order valence-electron chi connectivity index (χ3n) is 3.61. The smallest absolute Gasteiger partial charge is 0.0750 e. The molecule has 0 aromatic rings. The van der Waals surface area contributed by atoms with Crippen molar-refractivity contribution in [3.63, 3.8) is 0 Å². The van der Waals surface area contributed by atoms with Crippen molar-refractivity contribution in [2.75, 3.05) is 19.6 Å². The fourth-order valence-corrected chi connectivity index (χ4v) is 2.31. The van der Waals surface area contributed by atoms with Crippen LogP contribution in [0.1, 0.15) is 19.8 Å². The summed E-state index contributed by atoms with van der Waals surface area (Å²) in [6.45, 7) is 5.81. The number of allylic oxidation sites excluding steroid dienone is 2. The third kappa shape index (κ3) is 1.76. The van der Waals surface area contributed by atoms with E-state index in [4.69, 9.17) is 0 Å². The predicted octanol–water partition coefficient (Wildman–Crippen LogP) is 1.32. The molecule has 1 N–H and O–H groups in total. The summed E-state index contributed by atoms with van der Waals surface area (Å²) in [6, 6.07) is 0.670. The van der Waals surface area contributed by atoms with E-state index >= 15 is 0 Å². The Balaban J connectivity index is 1.61. The Morgan fingerprint density at radius 3 is 2.87 bits per heavy atom. The van der Waals surface area contributed by atoms with Gasteiger partial charge in [0.15, 0.2) is 0 Å². The quantitative estimate of drug-likeness (QED) is 0.749. The van der Waals surface area contributed by atoms with Crippen LogP contribution in [0.4, 0.5) is 0 Å². The molecule has 0 atom stereocenters. The molecular weight excluding hydrogens is 186 g/mol. The minimum absolute atomic E-state index is 0.670. The van der Waals surface area contributed by atoms with Crippen molar-refractivity contribution < 1.29 is 0 Å². The molecule has 0 bridgehead atoms. The van der Waals surface area contributed by atoms with E-state index in [9.17, 15) is 0 Å². The average Bonchev–Trinajstić information content (AvgIpc) is 3.00. The standard InChI is InChI=1S/C12H19N3/c1-2-14-8-12(9-14)15-7-11(5-6-13-15)10-3-4-10/h5-7,10,12-13H,2-4,8-9H2,1H3. The van der Waals surface area contributed by atoms with Crippen LogP contribution in [0.3, 0.4) is 0 Å². The number of likely N-dealkylation sites (tertiary alicyclic amines) is 1. The maximum atomic E-state index is 3.33. The topological polar surface area (TPSA) is 18.5 Å². The Labute approximate surface area is 91.4 Å². The second-order valence-electron chi connectivity index (χ2n) is 4.78. The number of hydrogen-bond acceptors (Lipinski definition) is 3. The zero-order valence-corrected chi connectivity index (χ0v) is 9.32. The molecule has 1 aliphatic carbocycles. The first-order chi connectivity index (χ1) is 7.36. The van der Waals surface area contributed by atoms with Crippen LogP contribution in [0, 0.1) is 5.92 Å². The van der Waals surface area contributed by atoms with Gasteiger partial charge in [-0.1, -0.05) is 6.92 Å². The zero-order valence-electron chi connectivity index (χ0n) is 9.32. The minimum Gasteiger partial charge on any atom is -0.306 e. The highest BCUT2D eigenvalue weighted by atomic mass is 15.5. The number of likely N-dealkylation sites (N-methyl/N-ethyl adjacent to an activating group) is 1. The number of hydrogen-bond donors (Lipinski definition) is 1. The van der Waals surface area contributed by atoms with Gasteiger partial charge in [0.1, 0.15) is 0 Å². The average molecular weight is 205 g/mol. The second kappa shape index (κ2) is 3.56. The molecule has 2 aliphatic heterocycles. The largest absolute Gasteiger partial charge is 0.306 e. The molecule has 3 heteroatoms. The molecule has 0 unspecified atom stereocenters. The molecule has 15 heavy (non-hydrogen) atoms. The minimum atomic E-state index is 0.670. The molecule has 3 rings (SSSR count). The molecule has 1 saturated heterocycles. The van der Waals surface area contributed by atoms with E-state index in [0.29, 0.717) is 6.04 Å². The second-order valence-corrected chi connectivity index (χ2v) is 4.78. The van der Waals surface area contributed by atoms with E-state index in [1.165, 1.54) is 38.0 Å². The van der Waals surface area contributed by atoms with E-state index < -0.39 is 0 Å². The van der Waals surface area contributed by atoms with E-state index in [-0.39, 0.29) is 0 Å². The Morgan fingerprint density at radius 2 is 2.20 bits per heavy atom. The van der Waals surface area contributed by atoms with Crippen molar-refractivity contribution in [1.29, 1.82) is 0 Å². The number of nitrogens with one attached hydrogen (secondary N) is 1. The number of nitrogens with zero attached hydrogens (tertiary/aromatic N) is 2. The van der Waals surface area contributed by atoms with E-state index in [1.54, 1.807) is 0 Å². The van der Waals surface area contributed by atoms with Crippen LogP contribution in [-0.4, -0.2) is 35.6 Å². The van der Waals surface area contributed by atoms with Crippen molar-refractivity contribution in [3.8, 4) is 0 Å². The van der Waals surface area contributed by atoms with Gasteiger partial charge >= 0.3 is 0 Å². The van der Waals surface area contributed by atoms with Gasteiger partial charge < -0.3 is 5.43 Å². The number of rotatable bonds is 3. The van der Waals surface area contributed by atoms with Crippen molar-refractivity contribution in [2.45, 2.75) is 25.8 Å². The molecule has 1 saturated carbocycles. The van der Waals surface area contributed by atoms with Crippen LogP contribution in [0.2, 0.25) is 0 Å². The highest BCUT2D eigenvalue weighted by Crippen LogP contribution is 2.38. The van der Waals surface area contributed by atoms with Gasteiger partial charge in [0.25, 0.3) is 0 Å². The first-order valence-electron chi connectivity index (χ1n) is 6.02. The first-order valence-corrected chi connectivity index (χ1v) is 6.02. The van der Waals surface area contributed by atoms with Crippen molar-refractivity contribution >= 4 is 0 Å². The van der Waals surface area contributed by atoms with E-state index in [1.807, 2.05) is 0 Å². The van der Waals surface area contributed by atoms with Gasteiger partial charge in [-0.2, -0.15) is 0 Å². The van der Waals surface area contributed by atoms with Gasteiger partial charge in [0.05, 0.1) is 6.04 Å². The Kier molecular flexibility index (Phi) is 2.20. The summed E-state index contributed by atoms with van der Waals surface area (Å²) in [4.78, 5) is 2.47. The molecule has 0 aromatic carbocycles. The molecule has 3 aliphatic rings. The summed E-state index contributed by atoms with van der Waals surface area (Å²) in [7, 11) is 0. The molecule has 0 radical (unpaired) electrons. The monoisotopic (exact) mass is 205 g/mol. The van der Waals surface area contributed by atoms with Crippen molar-refractivity contribution in [3.05, 3.63) is 24.0 Å². The number of hydrazine groups is 1. The van der Waals surface area contributed by atoms with Gasteiger partial charge in [0.2, 0.25) is 0 Å². The summed E-state index contributed by atoms with van der Waals surface area (Å²) in [5, 5.41) is 2.29. The summed E-state index contributed by atoms with van der Waals surface area (Å²) in [5.74, 6) is 0.855. The third-order valence-corrected chi connectivity index (χ3v) is 3.61. The molecule has 82 valence electrons. The molecule has 3 nitrogen and oxygen atoms in total. The fraction of sp³-hybridized carbons (Fsp3) is 0.667. The molecule has 0 aromatic heterocycles. The van der Waals surface area contributed by atoms with Crippen molar-refractivity contribution in [2.24, 2.45) is 5.92 Å². The first kappa shape index (κ1) is 9.28. The van der Waals surface area contributed by atoms with Gasteiger partial charge in [-0.05, 0) is 37.0 Å². The molecule has 2 fully saturated rings. The van der Waals surface area contributed by atoms with Crippen LogP contribution in [-0.2, 0) is 0 Å². The summed E-state index contributed by atoms with van der Waals surface area (Å²) in [6.07, 6.45) is 9.40. The van der Waals surface area contributed by atoms with Crippen LogP contribution in [0.25, 0.3) is 0 Å². The lowest BCUT2D eigenvalue weighted by molar-refractivity contribution is 0.0463. The van der Waals surface area contributed by atoms with Crippen LogP contribution < -0.4 is 5.43 Å². The normalized spacial score (nSPS) is 27.3. The zero-order chi connectivity index (χ0) is 10.3. The van der Waals surface area contributed by atoms with Crippen LogP contribution >= 0.6 is 0 Å². The van der Waals surface area contributed by atoms with Crippen molar-refractivity contribution in [1.82, 2.24) is 15.3 Å². The molecule has 0 spiro atoms. The lowest BCUT2D eigenvalue weighted by Gasteiger charge is -2.45. The molecular formula is C12H19N3. The Bertz CT molecular complexity index is 298. The lowest BCUT2D eigenvalue weighted by Crippen LogP contribution is -2.60. The highest BCUT2D eigenvalue weighted by Gasteiger charge is 2.32. The van der Waals surface area contributed by atoms with Crippen LogP contribution in [0.5, 0.6) is 0 Å². The molecule has 0 amide bonds. The van der Waals surface area contributed by atoms with E-state index in [0.717, 1.165) is 5.92 Å². The predicted molar refractivity (Wildman–Crippen MR) is 60.8 cm³/mol. The van der Waals surface area contributed by atoms with Gasteiger partial charge in [-0.25, -0.2) is 0 Å². The SMILES string of the molecule is CCN1CC(N2C=C(C3CC3)C=CN2)C1.